The fourth-order valence-corrected chi connectivity index (χ4v) is 2.03. The Bertz CT molecular complexity index is 378. The monoisotopic (exact) mass is 264 g/mol. The van der Waals surface area contributed by atoms with Crippen molar-refractivity contribution in [1.29, 1.82) is 0 Å². The lowest BCUT2D eigenvalue weighted by Crippen LogP contribution is -2.38. The van der Waals surface area contributed by atoms with E-state index in [4.69, 9.17) is 9.47 Å². The highest BCUT2D eigenvalue weighted by atomic mass is 16.5. The summed E-state index contributed by atoms with van der Waals surface area (Å²) in [6, 6.07) is 4.05. The molecule has 2 rings (SSSR count). The van der Waals surface area contributed by atoms with E-state index in [1.807, 2.05) is 18.3 Å². The molecule has 0 aliphatic carbocycles. The number of pyridine rings is 1. The summed E-state index contributed by atoms with van der Waals surface area (Å²) in [6.07, 6.45) is 1.82. The molecule has 0 atom stereocenters. The van der Waals surface area contributed by atoms with Crippen LogP contribution in [0.1, 0.15) is 26.5 Å². The summed E-state index contributed by atoms with van der Waals surface area (Å²) in [5, 5.41) is 0. The van der Waals surface area contributed by atoms with Gasteiger partial charge in [0.1, 0.15) is 12.4 Å². The minimum absolute atomic E-state index is 0.0896. The fraction of sp³-hybridized carbons (Fsp3) is 0.667. The summed E-state index contributed by atoms with van der Waals surface area (Å²) in [5.41, 5.74) is 1.18. The summed E-state index contributed by atoms with van der Waals surface area (Å²) < 4.78 is 11.0. The molecule has 1 aliphatic heterocycles. The van der Waals surface area contributed by atoms with Gasteiger partial charge in [-0.15, -0.1) is 0 Å². The van der Waals surface area contributed by atoms with Crippen LogP contribution < -0.4 is 4.74 Å². The third-order valence-corrected chi connectivity index (χ3v) is 3.28. The fourth-order valence-electron chi connectivity index (χ4n) is 2.03. The molecule has 0 saturated carbocycles. The van der Waals surface area contributed by atoms with Gasteiger partial charge in [-0.1, -0.05) is 20.8 Å². The van der Waals surface area contributed by atoms with Crippen LogP contribution in [0.3, 0.4) is 0 Å². The van der Waals surface area contributed by atoms with Crippen LogP contribution in [0.4, 0.5) is 0 Å². The third-order valence-electron chi connectivity index (χ3n) is 3.28. The summed E-state index contributed by atoms with van der Waals surface area (Å²) in [6.45, 7) is 11.8. The largest absolute Gasteiger partial charge is 0.491 e. The molecule has 0 radical (unpaired) electrons. The highest BCUT2D eigenvalue weighted by Gasteiger charge is 2.15. The minimum atomic E-state index is 0.0896. The van der Waals surface area contributed by atoms with Crippen molar-refractivity contribution >= 4 is 0 Å². The number of ether oxygens (including phenoxy) is 2. The van der Waals surface area contributed by atoms with E-state index in [0.29, 0.717) is 6.61 Å². The first-order valence-corrected chi connectivity index (χ1v) is 6.95. The van der Waals surface area contributed by atoms with Crippen LogP contribution in [0.5, 0.6) is 5.75 Å². The van der Waals surface area contributed by atoms with Gasteiger partial charge in [-0.25, -0.2) is 0 Å². The lowest BCUT2D eigenvalue weighted by molar-refractivity contribution is 0.0322. The lowest BCUT2D eigenvalue weighted by Gasteiger charge is -2.26. The predicted octanol–water partition coefficient (Wildman–Crippen LogP) is 2.09. The topological polar surface area (TPSA) is 34.6 Å². The SMILES string of the molecule is CC(C)(C)c1ccc(OCCN2CCOCC2)cn1. The van der Waals surface area contributed by atoms with Crippen LogP contribution in [-0.4, -0.2) is 49.3 Å². The zero-order chi connectivity index (χ0) is 13.7. The second kappa shape index (κ2) is 6.35. The summed E-state index contributed by atoms with van der Waals surface area (Å²) in [4.78, 5) is 6.82. The normalized spacial score (nSPS) is 17.4. The Morgan fingerprint density at radius 3 is 2.58 bits per heavy atom. The van der Waals surface area contributed by atoms with Crippen LogP contribution in [0, 0.1) is 0 Å². The lowest BCUT2D eigenvalue weighted by atomic mass is 9.92. The second-order valence-electron chi connectivity index (χ2n) is 5.93. The maximum atomic E-state index is 5.73. The summed E-state index contributed by atoms with van der Waals surface area (Å²) in [7, 11) is 0. The Labute approximate surface area is 115 Å². The number of hydrogen-bond donors (Lipinski definition) is 0. The van der Waals surface area contributed by atoms with Gasteiger partial charge in [-0.05, 0) is 12.1 Å². The van der Waals surface area contributed by atoms with Crippen molar-refractivity contribution in [2.24, 2.45) is 0 Å². The molecule has 1 aliphatic rings. The molecule has 19 heavy (non-hydrogen) atoms. The molecule has 1 saturated heterocycles. The molecule has 4 heteroatoms. The van der Waals surface area contributed by atoms with Crippen LogP contribution in [0.2, 0.25) is 0 Å². The Kier molecular flexibility index (Phi) is 4.77. The van der Waals surface area contributed by atoms with Gasteiger partial charge in [-0.2, -0.15) is 0 Å². The average Bonchev–Trinajstić information content (AvgIpc) is 2.39. The smallest absolute Gasteiger partial charge is 0.137 e. The van der Waals surface area contributed by atoms with Crippen molar-refractivity contribution in [3.8, 4) is 5.75 Å². The third kappa shape index (κ3) is 4.48. The van der Waals surface area contributed by atoms with Crippen molar-refractivity contribution in [2.45, 2.75) is 26.2 Å². The number of rotatable bonds is 4. The van der Waals surface area contributed by atoms with E-state index >= 15 is 0 Å². The van der Waals surface area contributed by atoms with Gasteiger partial charge in [0.05, 0.1) is 19.4 Å². The van der Waals surface area contributed by atoms with E-state index in [0.717, 1.165) is 44.3 Å². The van der Waals surface area contributed by atoms with Crippen molar-refractivity contribution in [3.05, 3.63) is 24.0 Å². The van der Waals surface area contributed by atoms with Crippen LogP contribution >= 0.6 is 0 Å². The highest BCUT2D eigenvalue weighted by molar-refractivity contribution is 5.23. The molecule has 0 amide bonds. The number of morpholine rings is 1. The maximum absolute atomic E-state index is 5.73. The zero-order valence-corrected chi connectivity index (χ0v) is 12.2. The molecular formula is C15H24N2O2. The molecule has 0 N–H and O–H groups in total. The first-order valence-electron chi connectivity index (χ1n) is 6.95. The minimum Gasteiger partial charge on any atom is -0.491 e. The van der Waals surface area contributed by atoms with E-state index < -0.39 is 0 Å². The molecule has 1 aromatic rings. The number of hydrogen-bond acceptors (Lipinski definition) is 4. The van der Waals surface area contributed by atoms with Gasteiger partial charge in [0.15, 0.2) is 0 Å². The Hall–Kier alpha value is -1.13. The van der Waals surface area contributed by atoms with E-state index in [9.17, 15) is 0 Å². The molecular weight excluding hydrogens is 240 g/mol. The van der Waals surface area contributed by atoms with Crippen molar-refractivity contribution in [2.75, 3.05) is 39.5 Å². The molecule has 106 valence electrons. The van der Waals surface area contributed by atoms with Gasteiger partial charge < -0.3 is 9.47 Å². The molecule has 0 aromatic carbocycles. The van der Waals surface area contributed by atoms with Gasteiger partial charge >= 0.3 is 0 Å². The van der Waals surface area contributed by atoms with Gasteiger partial charge in [0, 0.05) is 30.7 Å². The zero-order valence-electron chi connectivity index (χ0n) is 12.2. The first-order chi connectivity index (χ1) is 9.05. The second-order valence-corrected chi connectivity index (χ2v) is 5.93. The Morgan fingerprint density at radius 1 is 1.26 bits per heavy atom. The van der Waals surface area contributed by atoms with E-state index in [2.05, 4.69) is 30.7 Å². The highest BCUT2D eigenvalue weighted by Crippen LogP contribution is 2.21. The standard InChI is InChI=1S/C15H24N2O2/c1-15(2,3)14-5-4-13(12-16-14)19-11-8-17-6-9-18-10-7-17/h4-5,12H,6-11H2,1-3H3. The van der Waals surface area contributed by atoms with Gasteiger partial charge in [0.25, 0.3) is 0 Å². The molecule has 1 aromatic heterocycles. The first kappa shape index (κ1) is 14.3. The molecule has 0 unspecified atom stereocenters. The molecule has 0 bridgehead atoms. The molecule has 0 spiro atoms. The average molecular weight is 264 g/mol. The van der Waals surface area contributed by atoms with Crippen molar-refractivity contribution < 1.29 is 9.47 Å². The number of nitrogens with zero attached hydrogens (tertiary/aromatic N) is 2. The quantitative estimate of drug-likeness (QED) is 0.834. The van der Waals surface area contributed by atoms with Crippen LogP contribution in [0.25, 0.3) is 0 Å². The van der Waals surface area contributed by atoms with Crippen molar-refractivity contribution in [3.63, 3.8) is 0 Å². The maximum Gasteiger partial charge on any atom is 0.137 e. The molecule has 2 heterocycles. The molecule has 1 fully saturated rings. The van der Waals surface area contributed by atoms with E-state index in [1.54, 1.807) is 0 Å². The molecule has 4 nitrogen and oxygen atoms in total. The Balaban J connectivity index is 1.76. The van der Waals surface area contributed by atoms with Crippen LogP contribution in [-0.2, 0) is 10.2 Å². The van der Waals surface area contributed by atoms with Gasteiger partial charge in [0.2, 0.25) is 0 Å². The Morgan fingerprint density at radius 2 is 2.00 bits per heavy atom. The van der Waals surface area contributed by atoms with Crippen LogP contribution in [0.15, 0.2) is 18.3 Å². The number of aromatic nitrogens is 1. The van der Waals surface area contributed by atoms with Crippen molar-refractivity contribution in [1.82, 2.24) is 9.88 Å². The van der Waals surface area contributed by atoms with E-state index in [1.165, 1.54) is 0 Å². The van der Waals surface area contributed by atoms with Gasteiger partial charge in [-0.3, -0.25) is 9.88 Å². The summed E-state index contributed by atoms with van der Waals surface area (Å²) >= 11 is 0. The summed E-state index contributed by atoms with van der Waals surface area (Å²) in [5.74, 6) is 0.848. The predicted molar refractivity (Wildman–Crippen MR) is 75.7 cm³/mol. The van der Waals surface area contributed by atoms with E-state index in [-0.39, 0.29) is 5.41 Å².